The van der Waals surface area contributed by atoms with Crippen LogP contribution < -0.4 is 4.90 Å². The molecule has 3 rings (SSSR count). The van der Waals surface area contributed by atoms with Crippen molar-refractivity contribution in [2.45, 2.75) is 44.9 Å². The lowest BCUT2D eigenvalue weighted by Crippen LogP contribution is -2.40. The maximum absolute atomic E-state index is 13.3. The quantitative estimate of drug-likeness (QED) is 0.489. The number of hydrogen-bond acceptors (Lipinski definition) is 5. The van der Waals surface area contributed by atoms with E-state index in [-0.39, 0.29) is 16.5 Å². The van der Waals surface area contributed by atoms with Gasteiger partial charge in [0, 0.05) is 44.4 Å². The number of anilines is 1. The van der Waals surface area contributed by atoms with Crippen LogP contribution in [0.2, 0.25) is 0 Å². The Kier molecular flexibility index (Phi) is 7.47. The van der Waals surface area contributed by atoms with Gasteiger partial charge in [-0.25, -0.2) is 0 Å². The number of nitro benzene ring substituents is 1. The smallest absolute Gasteiger partial charge is 0.293 e. The molecule has 2 aliphatic rings. The summed E-state index contributed by atoms with van der Waals surface area (Å²) in [5.41, 5.74) is 1.10. The summed E-state index contributed by atoms with van der Waals surface area (Å²) in [4.78, 5) is 30.7. The zero-order valence-electron chi connectivity index (χ0n) is 17.8. The molecular weight excluding hydrogens is 368 g/mol. The molecule has 0 N–H and O–H groups in total. The topological polar surface area (TPSA) is 69.9 Å². The van der Waals surface area contributed by atoms with Gasteiger partial charge in [-0.2, -0.15) is 0 Å². The molecule has 2 fully saturated rings. The molecule has 0 bridgehead atoms. The molecule has 0 spiro atoms. The van der Waals surface area contributed by atoms with Crippen molar-refractivity contribution in [3.8, 4) is 0 Å². The molecule has 1 aliphatic carbocycles. The summed E-state index contributed by atoms with van der Waals surface area (Å²) in [6.07, 6.45) is 8.19. The zero-order valence-corrected chi connectivity index (χ0v) is 17.8. The number of nitro groups is 1. The van der Waals surface area contributed by atoms with E-state index in [2.05, 4.69) is 9.80 Å². The Hall–Kier alpha value is -2.15. The standard InChI is InChI=1S/C22H34N4O3/c1-23(2)14-15-25(17-18-8-4-3-5-9-18)22(27)19-10-11-20(21(16-19)26(28)29)24-12-6-7-13-24/h10-11,16,18H,3-9,12-15,17H2,1-2H3. The molecule has 1 heterocycles. The molecule has 0 aromatic heterocycles. The average Bonchev–Trinajstić information content (AvgIpc) is 3.25. The second-order valence-corrected chi connectivity index (χ2v) is 8.71. The third-order valence-corrected chi connectivity index (χ3v) is 6.17. The molecule has 160 valence electrons. The highest BCUT2D eigenvalue weighted by atomic mass is 16.6. The summed E-state index contributed by atoms with van der Waals surface area (Å²) in [5.74, 6) is 0.446. The average molecular weight is 403 g/mol. The lowest BCUT2D eigenvalue weighted by Gasteiger charge is -2.31. The highest BCUT2D eigenvalue weighted by Crippen LogP contribution is 2.32. The van der Waals surface area contributed by atoms with Crippen molar-refractivity contribution in [2.75, 3.05) is 51.7 Å². The molecule has 1 aromatic carbocycles. The van der Waals surface area contributed by atoms with Crippen molar-refractivity contribution in [1.82, 2.24) is 9.80 Å². The van der Waals surface area contributed by atoms with Crippen LogP contribution in [0.3, 0.4) is 0 Å². The van der Waals surface area contributed by atoms with Crippen molar-refractivity contribution in [3.63, 3.8) is 0 Å². The van der Waals surface area contributed by atoms with Crippen LogP contribution in [0.15, 0.2) is 18.2 Å². The Balaban J connectivity index is 1.81. The predicted octanol–water partition coefficient (Wildman–Crippen LogP) is 3.78. The molecule has 0 unspecified atom stereocenters. The summed E-state index contributed by atoms with van der Waals surface area (Å²) >= 11 is 0. The van der Waals surface area contributed by atoms with Gasteiger partial charge in [-0.1, -0.05) is 19.3 Å². The van der Waals surface area contributed by atoms with Crippen molar-refractivity contribution in [1.29, 1.82) is 0 Å². The van der Waals surface area contributed by atoms with Crippen LogP contribution >= 0.6 is 0 Å². The molecule has 1 saturated carbocycles. The maximum atomic E-state index is 13.3. The van der Waals surface area contributed by atoms with Crippen LogP contribution in [0, 0.1) is 16.0 Å². The number of benzene rings is 1. The first-order valence-electron chi connectivity index (χ1n) is 10.9. The van der Waals surface area contributed by atoms with Gasteiger partial charge in [0.15, 0.2) is 0 Å². The number of carbonyl (C=O) groups is 1. The minimum atomic E-state index is -0.351. The van der Waals surface area contributed by atoms with Gasteiger partial charge in [-0.3, -0.25) is 14.9 Å². The largest absolute Gasteiger partial charge is 0.366 e. The highest BCUT2D eigenvalue weighted by Gasteiger charge is 2.27. The van der Waals surface area contributed by atoms with Crippen LogP contribution in [0.5, 0.6) is 0 Å². The summed E-state index contributed by atoms with van der Waals surface area (Å²) in [6, 6.07) is 5.02. The molecular formula is C22H34N4O3. The number of hydrogen-bond donors (Lipinski definition) is 0. The molecule has 29 heavy (non-hydrogen) atoms. The molecule has 1 amide bonds. The van der Waals surface area contributed by atoms with E-state index >= 15 is 0 Å². The third kappa shape index (κ3) is 5.69. The second-order valence-electron chi connectivity index (χ2n) is 8.71. The van der Waals surface area contributed by atoms with E-state index in [1.54, 1.807) is 12.1 Å². The second kappa shape index (κ2) is 10.1. The van der Waals surface area contributed by atoms with Crippen LogP contribution in [0.1, 0.15) is 55.3 Å². The Morgan fingerprint density at radius 3 is 2.41 bits per heavy atom. The normalized spacial score (nSPS) is 17.7. The van der Waals surface area contributed by atoms with Crippen molar-refractivity contribution in [3.05, 3.63) is 33.9 Å². The first kappa shape index (κ1) is 21.6. The fourth-order valence-electron chi connectivity index (χ4n) is 4.49. The van der Waals surface area contributed by atoms with E-state index in [0.717, 1.165) is 39.0 Å². The molecule has 7 nitrogen and oxygen atoms in total. The minimum Gasteiger partial charge on any atom is -0.366 e. The number of rotatable bonds is 8. The lowest BCUT2D eigenvalue weighted by atomic mass is 9.89. The van der Waals surface area contributed by atoms with E-state index in [0.29, 0.717) is 23.7 Å². The third-order valence-electron chi connectivity index (χ3n) is 6.17. The first-order chi connectivity index (χ1) is 14.0. The molecule has 7 heteroatoms. The van der Waals surface area contributed by atoms with Gasteiger partial charge < -0.3 is 14.7 Å². The van der Waals surface area contributed by atoms with Gasteiger partial charge in [-0.05, 0) is 57.8 Å². The van der Waals surface area contributed by atoms with Gasteiger partial charge in [0.05, 0.1) is 4.92 Å². The summed E-state index contributed by atoms with van der Waals surface area (Å²) in [6.45, 7) is 3.85. The minimum absolute atomic E-state index is 0.0444. The fraction of sp³-hybridized carbons (Fsp3) is 0.682. The first-order valence-corrected chi connectivity index (χ1v) is 10.9. The molecule has 1 aromatic rings. The fourth-order valence-corrected chi connectivity index (χ4v) is 4.49. The molecule has 1 saturated heterocycles. The van der Waals surface area contributed by atoms with Crippen LogP contribution in [-0.2, 0) is 0 Å². The van der Waals surface area contributed by atoms with E-state index in [1.807, 2.05) is 19.0 Å². The Labute approximate surface area is 173 Å². The van der Waals surface area contributed by atoms with Crippen molar-refractivity contribution >= 4 is 17.3 Å². The van der Waals surface area contributed by atoms with Crippen LogP contribution in [0.4, 0.5) is 11.4 Å². The van der Waals surface area contributed by atoms with Gasteiger partial charge in [0.1, 0.15) is 5.69 Å². The van der Waals surface area contributed by atoms with Crippen LogP contribution in [-0.4, -0.2) is 67.4 Å². The Morgan fingerprint density at radius 1 is 1.10 bits per heavy atom. The Bertz CT molecular complexity index is 710. The lowest BCUT2D eigenvalue weighted by molar-refractivity contribution is -0.384. The van der Waals surface area contributed by atoms with Crippen LogP contribution in [0.25, 0.3) is 0 Å². The summed E-state index contributed by atoms with van der Waals surface area (Å²) < 4.78 is 0. The van der Waals surface area contributed by atoms with Gasteiger partial charge in [0.2, 0.25) is 0 Å². The van der Waals surface area contributed by atoms with Gasteiger partial charge >= 0.3 is 0 Å². The number of carbonyl (C=O) groups excluding carboxylic acids is 1. The Morgan fingerprint density at radius 2 is 1.79 bits per heavy atom. The van der Waals surface area contributed by atoms with Crippen molar-refractivity contribution in [2.24, 2.45) is 5.92 Å². The SMILES string of the molecule is CN(C)CCN(CC1CCCCC1)C(=O)c1ccc(N2CCCC2)c([N+](=O)[O-])c1. The van der Waals surface area contributed by atoms with E-state index < -0.39 is 0 Å². The van der Waals surface area contributed by atoms with E-state index in [1.165, 1.54) is 38.2 Å². The molecule has 0 atom stereocenters. The molecule has 0 radical (unpaired) electrons. The zero-order chi connectivity index (χ0) is 20.8. The summed E-state index contributed by atoms with van der Waals surface area (Å²) in [5, 5.41) is 11.7. The monoisotopic (exact) mass is 402 g/mol. The van der Waals surface area contributed by atoms with Gasteiger partial charge in [-0.15, -0.1) is 0 Å². The van der Waals surface area contributed by atoms with E-state index in [9.17, 15) is 14.9 Å². The van der Waals surface area contributed by atoms with Crippen molar-refractivity contribution < 1.29 is 9.72 Å². The highest BCUT2D eigenvalue weighted by molar-refractivity contribution is 5.96. The summed E-state index contributed by atoms with van der Waals surface area (Å²) in [7, 11) is 4.00. The predicted molar refractivity (Wildman–Crippen MR) is 116 cm³/mol. The molecule has 1 aliphatic heterocycles. The maximum Gasteiger partial charge on any atom is 0.293 e. The number of likely N-dealkylation sites (N-methyl/N-ethyl adjacent to an activating group) is 1. The number of amides is 1. The number of nitrogens with zero attached hydrogens (tertiary/aromatic N) is 4. The van der Waals surface area contributed by atoms with Gasteiger partial charge in [0.25, 0.3) is 11.6 Å². The van der Waals surface area contributed by atoms with E-state index in [4.69, 9.17) is 0 Å².